The Morgan fingerprint density at radius 2 is 1.53 bits per heavy atom. The number of amides is 2. The first-order valence-electron chi connectivity index (χ1n) is 13.9. The lowest BCUT2D eigenvalue weighted by atomic mass is 10.0. The number of benzene rings is 4. The van der Waals surface area contributed by atoms with Crippen molar-refractivity contribution < 1.29 is 22.4 Å². The maximum Gasteiger partial charge on any atom is 0.264 e. The Bertz CT molecular complexity index is 1640. The van der Waals surface area contributed by atoms with E-state index < -0.39 is 40.2 Å². The van der Waals surface area contributed by atoms with Crippen LogP contribution in [-0.4, -0.2) is 44.3 Å². The van der Waals surface area contributed by atoms with E-state index in [1.807, 2.05) is 37.3 Å². The predicted molar refractivity (Wildman–Crippen MR) is 167 cm³/mol. The second-order valence-electron chi connectivity index (χ2n) is 9.91. The fraction of sp³-hybridized carbons (Fsp3) is 0.212. The average Bonchev–Trinajstić information content (AvgIpc) is 3.02. The lowest BCUT2D eigenvalue weighted by Gasteiger charge is -2.34. The van der Waals surface area contributed by atoms with Gasteiger partial charge in [0.25, 0.3) is 10.0 Å². The van der Waals surface area contributed by atoms with E-state index in [1.54, 1.807) is 36.4 Å². The Balaban J connectivity index is 1.80. The average molecular weight is 622 g/mol. The van der Waals surface area contributed by atoms with Crippen LogP contribution in [-0.2, 0) is 32.6 Å². The smallest absolute Gasteiger partial charge is 0.264 e. The van der Waals surface area contributed by atoms with E-state index in [1.165, 1.54) is 47.4 Å². The Kier molecular flexibility index (Phi) is 10.9. The zero-order chi connectivity index (χ0) is 30.8. The molecule has 0 aliphatic heterocycles. The van der Waals surface area contributed by atoms with Gasteiger partial charge in [-0.1, -0.05) is 91.3 Å². The predicted octanol–water partition coefficient (Wildman–Crippen LogP) is 5.84. The fourth-order valence-electron chi connectivity index (χ4n) is 4.61. The Hall–Kier alpha value is -4.21. The van der Waals surface area contributed by atoms with Crippen LogP contribution in [0.1, 0.15) is 24.5 Å². The molecule has 0 radical (unpaired) electrons. The molecule has 1 atom stereocenters. The van der Waals surface area contributed by atoms with Crippen molar-refractivity contribution in [3.8, 4) is 0 Å². The monoisotopic (exact) mass is 621 g/mol. The van der Waals surface area contributed by atoms with E-state index in [0.717, 1.165) is 9.87 Å². The van der Waals surface area contributed by atoms with Crippen LogP contribution in [0.25, 0.3) is 0 Å². The van der Waals surface area contributed by atoms with E-state index in [4.69, 9.17) is 11.6 Å². The van der Waals surface area contributed by atoms with Crippen LogP contribution >= 0.6 is 11.6 Å². The number of halogens is 2. The summed E-state index contributed by atoms with van der Waals surface area (Å²) in [6.45, 7) is 1.38. The van der Waals surface area contributed by atoms with Crippen molar-refractivity contribution in [3.05, 3.63) is 131 Å². The molecule has 0 heterocycles. The highest BCUT2D eigenvalue weighted by molar-refractivity contribution is 7.92. The molecule has 0 aliphatic carbocycles. The van der Waals surface area contributed by atoms with Gasteiger partial charge in [0.15, 0.2) is 0 Å². The van der Waals surface area contributed by atoms with Crippen LogP contribution in [0.15, 0.2) is 114 Å². The van der Waals surface area contributed by atoms with Crippen LogP contribution in [0.2, 0.25) is 5.02 Å². The summed E-state index contributed by atoms with van der Waals surface area (Å²) in [5.41, 5.74) is 1.15. The molecule has 2 amide bonds. The number of nitrogens with one attached hydrogen (secondary N) is 1. The molecule has 0 unspecified atom stereocenters. The van der Waals surface area contributed by atoms with Gasteiger partial charge in [0, 0.05) is 30.1 Å². The molecule has 0 fully saturated rings. The molecule has 7 nitrogen and oxygen atoms in total. The van der Waals surface area contributed by atoms with Crippen molar-refractivity contribution in [2.45, 2.75) is 37.2 Å². The van der Waals surface area contributed by atoms with Crippen LogP contribution < -0.4 is 9.62 Å². The normalized spacial score (nSPS) is 11.9. The number of carbonyl (C=O) groups excluding carboxylic acids is 2. The molecule has 0 saturated heterocycles. The maximum atomic E-state index is 14.9. The summed E-state index contributed by atoms with van der Waals surface area (Å²) in [6.07, 6.45) is 0.808. The van der Waals surface area contributed by atoms with Gasteiger partial charge in [0.05, 0.1) is 10.6 Å². The number of nitrogens with zero attached hydrogens (tertiary/aromatic N) is 2. The molecule has 0 aromatic heterocycles. The van der Waals surface area contributed by atoms with Gasteiger partial charge in [0.1, 0.15) is 18.4 Å². The van der Waals surface area contributed by atoms with Gasteiger partial charge in [-0.3, -0.25) is 13.9 Å². The van der Waals surface area contributed by atoms with Gasteiger partial charge in [-0.15, -0.1) is 0 Å². The maximum absolute atomic E-state index is 14.9. The molecule has 4 rings (SSSR count). The summed E-state index contributed by atoms with van der Waals surface area (Å²) in [4.78, 5) is 29.1. The summed E-state index contributed by atoms with van der Waals surface area (Å²) in [5.74, 6) is -1.65. The van der Waals surface area contributed by atoms with Crippen molar-refractivity contribution in [1.29, 1.82) is 0 Å². The van der Waals surface area contributed by atoms with Gasteiger partial charge in [-0.25, -0.2) is 12.8 Å². The van der Waals surface area contributed by atoms with Crippen molar-refractivity contribution in [3.63, 3.8) is 0 Å². The van der Waals surface area contributed by atoms with E-state index in [0.29, 0.717) is 13.0 Å². The van der Waals surface area contributed by atoms with E-state index >= 15 is 0 Å². The minimum absolute atomic E-state index is 0.0232. The highest BCUT2D eigenvalue weighted by atomic mass is 35.5. The summed E-state index contributed by atoms with van der Waals surface area (Å²) < 4.78 is 43.7. The molecule has 1 N–H and O–H groups in total. The molecule has 10 heteroatoms. The first-order chi connectivity index (χ1) is 20.7. The second-order valence-corrected chi connectivity index (χ2v) is 12.2. The molecular formula is C33H33ClFN3O4S. The topological polar surface area (TPSA) is 86.8 Å². The highest BCUT2D eigenvalue weighted by Gasteiger charge is 2.35. The van der Waals surface area contributed by atoms with Crippen LogP contribution in [0.3, 0.4) is 0 Å². The molecule has 4 aromatic rings. The zero-order valence-electron chi connectivity index (χ0n) is 23.7. The van der Waals surface area contributed by atoms with Crippen LogP contribution in [0.4, 0.5) is 10.1 Å². The zero-order valence-corrected chi connectivity index (χ0v) is 25.3. The summed E-state index contributed by atoms with van der Waals surface area (Å²) in [6, 6.07) is 28.0. The summed E-state index contributed by atoms with van der Waals surface area (Å²) >= 11 is 6.23. The van der Waals surface area contributed by atoms with E-state index in [-0.39, 0.29) is 34.1 Å². The van der Waals surface area contributed by atoms with Gasteiger partial charge in [0.2, 0.25) is 11.8 Å². The quantitative estimate of drug-likeness (QED) is 0.203. The van der Waals surface area contributed by atoms with Gasteiger partial charge < -0.3 is 10.2 Å². The molecular weight excluding hydrogens is 589 g/mol. The summed E-state index contributed by atoms with van der Waals surface area (Å²) in [5, 5.41) is 3.14. The minimum Gasteiger partial charge on any atom is -0.354 e. The molecule has 0 spiro atoms. The first kappa shape index (κ1) is 31.7. The number of carbonyl (C=O) groups is 2. The van der Waals surface area contributed by atoms with E-state index in [2.05, 4.69) is 5.32 Å². The minimum atomic E-state index is -4.25. The number of hydrogen-bond acceptors (Lipinski definition) is 4. The molecule has 43 heavy (non-hydrogen) atoms. The number of sulfonamides is 1. The third-order valence-electron chi connectivity index (χ3n) is 6.83. The Labute approximate surface area is 257 Å². The summed E-state index contributed by atoms with van der Waals surface area (Å²) in [7, 11) is -4.25. The Morgan fingerprint density at radius 3 is 2.19 bits per heavy atom. The van der Waals surface area contributed by atoms with Gasteiger partial charge in [-0.05, 0) is 48.4 Å². The molecule has 0 bridgehead atoms. The van der Waals surface area contributed by atoms with Gasteiger partial charge in [-0.2, -0.15) is 0 Å². The van der Waals surface area contributed by atoms with Gasteiger partial charge >= 0.3 is 0 Å². The van der Waals surface area contributed by atoms with Crippen LogP contribution in [0, 0.1) is 5.82 Å². The third-order valence-corrected chi connectivity index (χ3v) is 8.85. The van der Waals surface area contributed by atoms with E-state index in [9.17, 15) is 22.4 Å². The highest BCUT2D eigenvalue weighted by Crippen LogP contribution is 2.27. The fourth-order valence-corrected chi connectivity index (χ4v) is 6.22. The molecule has 224 valence electrons. The van der Waals surface area contributed by atoms with Crippen molar-refractivity contribution >= 4 is 39.1 Å². The third kappa shape index (κ3) is 8.21. The SMILES string of the molecule is CCCNC(=O)[C@H](Cc1ccccc1)N(Cc1ccccc1F)C(=O)CN(c1cccc(Cl)c1)S(=O)(=O)c1ccccc1. The lowest BCUT2D eigenvalue weighted by molar-refractivity contribution is -0.140. The second kappa shape index (κ2) is 14.8. The molecule has 0 saturated carbocycles. The molecule has 0 aliphatic rings. The van der Waals surface area contributed by atoms with Crippen molar-refractivity contribution in [2.75, 3.05) is 17.4 Å². The number of rotatable bonds is 13. The van der Waals surface area contributed by atoms with Crippen molar-refractivity contribution in [2.24, 2.45) is 0 Å². The standard InChI is InChI=1S/C33H33ClFN3O4S/c1-2-20-36-33(40)31(21-25-12-5-3-6-13-25)37(23-26-14-9-10-19-30(26)35)32(39)24-38(28-16-11-15-27(34)22-28)43(41,42)29-17-7-4-8-18-29/h3-19,22,31H,2,20-21,23-24H2,1H3,(H,36,40)/t31-/m0/s1. The largest absolute Gasteiger partial charge is 0.354 e. The number of hydrogen-bond donors (Lipinski definition) is 1. The Morgan fingerprint density at radius 1 is 0.884 bits per heavy atom. The van der Waals surface area contributed by atoms with Crippen LogP contribution in [0.5, 0.6) is 0 Å². The number of anilines is 1. The first-order valence-corrected chi connectivity index (χ1v) is 15.7. The molecule has 4 aromatic carbocycles. The van der Waals surface area contributed by atoms with Crippen molar-refractivity contribution in [1.82, 2.24) is 10.2 Å². The lowest BCUT2D eigenvalue weighted by Crippen LogP contribution is -2.53.